The van der Waals surface area contributed by atoms with E-state index in [1.165, 1.54) is 47.2 Å². The maximum absolute atomic E-state index is 9.33. The van der Waals surface area contributed by atoms with Crippen molar-refractivity contribution in [3.05, 3.63) is 96.3 Å². The first-order chi connectivity index (χ1) is 14.3. The van der Waals surface area contributed by atoms with E-state index in [2.05, 4.69) is 53.5 Å². The van der Waals surface area contributed by atoms with Crippen molar-refractivity contribution in [2.45, 2.75) is 25.7 Å². The van der Waals surface area contributed by atoms with E-state index < -0.39 is 0 Å². The highest BCUT2D eigenvalue weighted by molar-refractivity contribution is 6.08. The average Bonchev–Trinajstić information content (AvgIpc) is 2.79. The van der Waals surface area contributed by atoms with Crippen molar-refractivity contribution in [3.63, 3.8) is 0 Å². The first-order valence-corrected chi connectivity index (χ1v) is 10.3. The van der Waals surface area contributed by atoms with E-state index in [4.69, 9.17) is 0 Å². The minimum atomic E-state index is 0.288. The third-order valence-corrected chi connectivity index (χ3v) is 5.92. The van der Waals surface area contributed by atoms with Gasteiger partial charge in [-0.1, -0.05) is 60.7 Å². The number of pyridine rings is 1. The predicted octanol–water partition coefficient (Wildman–Crippen LogP) is 6.81. The molecule has 0 bridgehead atoms. The fraction of sp³-hybridized carbons (Fsp3) is 0.148. The smallest absolute Gasteiger partial charge is 0.124 e. The highest BCUT2D eigenvalue weighted by Gasteiger charge is 2.13. The summed E-state index contributed by atoms with van der Waals surface area (Å²) in [6, 6.07) is 25.3. The van der Waals surface area contributed by atoms with Gasteiger partial charge in [-0.25, -0.2) is 0 Å². The van der Waals surface area contributed by atoms with Gasteiger partial charge < -0.3 is 5.11 Å². The van der Waals surface area contributed by atoms with Crippen LogP contribution in [0.25, 0.3) is 32.3 Å². The highest BCUT2D eigenvalue weighted by Crippen LogP contribution is 2.33. The summed E-state index contributed by atoms with van der Waals surface area (Å²) in [6.45, 7) is 0. The zero-order chi connectivity index (χ0) is 19.6. The SMILES string of the molecule is Oc1cccc2ccncc12.c1ccc2c(c1)ccc1c3c(ccc12)CCCC3. The molecule has 4 aromatic carbocycles. The Hall–Kier alpha value is -3.39. The Morgan fingerprint density at radius 2 is 1.41 bits per heavy atom. The number of nitrogens with zero attached hydrogens (tertiary/aromatic N) is 1. The number of aromatic nitrogens is 1. The van der Waals surface area contributed by atoms with Gasteiger partial charge in [0.05, 0.1) is 0 Å². The van der Waals surface area contributed by atoms with E-state index >= 15 is 0 Å². The molecule has 2 nitrogen and oxygen atoms in total. The van der Waals surface area contributed by atoms with Crippen molar-refractivity contribution in [1.82, 2.24) is 4.98 Å². The van der Waals surface area contributed by atoms with Crippen LogP contribution in [0.4, 0.5) is 0 Å². The molecule has 1 N–H and O–H groups in total. The number of hydrogen-bond donors (Lipinski definition) is 1. The summed E-state index contributed by atoms with van der Waals surface area (Å²) in [5, 5.41) is 16.8. The lowest BCUT2D eigenvalue weighted by molar-refractivity contribution is 0.481. The predicted molar refractivity (Wildman–Crippen MR) is 122 cm³/mol. The van der Waals surface area contributed by atoms with Crippen molar-refractivity contribution >= 4 is 32.3 Å². The molecule has 0 radical (unpaired) electrons. The van der Waals surface area contributed by atoms with Gasteiger partial charge in [0, 0.05) is 17.8 Å². The van der Waals surface area contributed by atoms with E-state index in [0.29, 0.717) is 0 Å². The monoisotopic (exact) mass is 377 g/mol. The van der Waals surface area contributed by atoms with E-state index in [1.54, 1.807) is 29.6 Å². The quantitative estimate of drug-likeness (QED) is 0.301. The Kier molecular flexibility index (Phi) is 4.61. The van der Waals surface area contributed by atoms with Crippen LogP contribution in [0.1, 0.15) is 24.0 Å². The zero-order valence-electron chi connectivity index (χ0n) is 16.3. The van der Waals surface area contributed by atoms with Gasteiger partial charge in [-0.05, 0) is 75.9 Å². The molecule has 0 unspecified atom stereocenters. The summed E-state index contributed by atoms with van der Waals surface area (Å²) in [5.41, 5.74) is 3.17. The van der Waals surface area contributed by atoms with Crippen LogP contribution in [0, 0.1) is 0 Å². The number of phenols is 1. The molecule has 0 atom stereocenters. The molecule has 0 amide bonds. The van der Waals surface area contributed by atoms with Gasteiger partial charge >= 0.3 is 0 Å². The van der Waals surface area contributed by atoms with Crippen molar-refractivity contribution in [2.75, 3.05) is 0 Å². The van der Waals surface area contributed by atoms with Gasteiger partial charge in [0.25, 0.3) is 0 Å². The minimum absolute atomic E-state index is 0.288. The summed E-state index contributed by atoms with van der Waals surface area (Å²) in [6.07, 6.45) is 8.58. The van der Waals surface area contributed by atoms with Gasteiger partial charge in [-0.3, -0.25) is 4.98 Å². The number of fused-ring (bicyclic) bond motifs is 6. The lowest BCUT2D eigenvalue weighted by Gasteiger charge is -2.18. The Bertz CT molecular complexity index is 1320. The number of rotatable bonds is 0. The molecular formula is C27H23NO. The van der Waals surface area contributed by atoms with Crippen molar-refractivity contribution in [2.24, 2.45) is 0 Å². The number of aryl methyl sites for hydroxylation is 2. The van der Waals surface area contributed by atoms with Crippen LogP contribution in [0.5, 0.6) is 5.75 Å². The molecule has 5 aromatic rings. The molecule has 0 saturated carbocycles. The van der Waals surface area contributed by atoms with E-state index in [9.17, 15) is 5.11 Å². The second-order valence-corrected chi connectivity index (χ2v) is 7.67. The van der Waals surface area contributed by atoms with Crippen LogP contribution in [-0.4, -0.2) is 10.1 Å². The number of hydrogen-bond acceptors (Lipinski definition) is 2. The molecule has 29 heavy (non-hydrogen) atoms. The van der Waals surface area contributed by atoms with E-state index in [-0.39, 0.29) is 5.75 Å². The first-order valence-electron chi connectivity index (χ1n) is 10.3. The van der Waals surface area contributed by atoms with Gasteiger partial charge in [-0.2, -0.15) is 0 Å². The van der Waals surface area contributed by atoms with Crippen LogP contribution in [-0.2, 0) is 12.8 Å². The largest absolute Gasteiger partial charge is 0.507 e. The molecule has 1 aliphatic rings. The van der Waals surface area contributed by atoms with Crippen molar-refractivity contribution in [1.29, 1.82) is 0 Å². The van der Waals surface area contributed by atoms with Crippen molar-refractivity contribution in [3.8, 4) is 5.75 Å². The van der Waals surface area contributed by atoms with Crippen LogP contribution >= 0.6 is 0 Å². The third kappa shape index (κ3) is 3.31. The highest BCUT2D eigenvalue weighted by atomic mass is 16.3. The van der Waals surface area contributed by atoms with Crippen molar-refractivity contribution < 1.29 is 5.11 Å². The lowest BCUT2D eigenvalue weighted by Crippen LogP contribution is -2.02. The Labute approximate surface area is 170 Å². The maximum atomic E-state index is 9.33. The average molecular weight is 377 g/mol. The summed E-state index contributed by atoms with van der Waals surface area (Å²) in [4.78, 5) is 3.91. The third-order valence-electron chi connectivity index (χ3n) is 5.92. The standard InChI is InChI=1S/C18H16.C9H7NO/c1-3-7-15-13(5-1)9-11-18-16-8-4-2-6-14(16)10-12-17(15)18;11-9-3-1-2-7-4-5-10-6-8(7)9/h1,3,5,7,9-12H,2,4,6,8H2;1-6,11H. The Morgan fingerprint density at radius 1 is 0.621 bits per heavy atom. The van der Waals surface area contributed by atoms with Crippen LogP contribution < -0.4 is 0 Å². The summed E-state index contributed by atoms with van der Waals surface area (Å²) >= 11 is 0. The zero-order valence-corrected chi connectivity index (χ0v) is 16.3. The molecule has 0 spiro atoms. The molecule has 142 valence electrons. The topological polar surface area (TPSA) is 33.1 Å². The van der Waals surface area contributed by atoms with Gasteiger partial charge in [0.1, 0.15) is 5.75 Å². The second-order valence-electron chi connectivity index (χ2n) is 7.67. The molecular weight excluding hydrogens is 354 g/mol. The summed E-state index contributed by atoms with van der Waals surface area (Å²) < 4.78 is 0. The molecule has 1 aromatic heterocycles. The van der Waals surface area contributed by atoms with Gasteiger partial charge in [0.2, 0.25) is 0 Å². The van der Waals surface area contributed by atoms with E-state index in [0.717, 1.165) is 10.8 Å². The molecule has 0 aliphatic heterocycles. The lowest BCUT2D eigenvalue weighted by atomic mass is 9.86. The number of benzene rings is 4. The summed E-state index contributed by atoms with van der Waals surface area (Å²) in [7, 11) is 0. The van der Waals surface area contributed by atoms with Gasteiger partial charge in [-0.15, -0.1) is 0 Å². The first kappa shape index (κ1) is 17.7. The Morgan fingerprint density at radius 3 is 2.34 bits per heavy atom. The van der Waals surface area contributed by atoms with Gasteiger partial charge in [0.15, 0.2) is 0 Å². The molecule has 1 aliphatic carbocycles. The number of aromatic hydroxyl groups is 1. The van der Waals surface area contributed by atoms with E-state index in [1.807, 2.05) is 18.2 Å². The van der Waals surface area contributed by atoms with Crippen LogP contribution in [0.3, 0.4) is 0 Å². The molecule has 6 rings (SSSR count). The molecule has 2 heteroatoms. The summed E-state index contributed by atoms with van der Waals surface area (Å²) in [5.74, 6) is 0.288. The van der Waals surface area contributed by atoms with Crippen LogP contribution in [0.2, 0.25) is 0 Å². The maximum Gasteiger partial charge on any atom is 0.124 e. The molecule has 0 fully saturated rings. The number of phenolic OH excluding ortho intramolecular Hbond substituents is 1. The Balaban J connectivity index is 0.000000142. The fourth-order valence-corrected chi connectivity index (χ4v) is 4.44. The van der Waals surface area contributed by atoms with Crippen LogP contribution in [0.15, 0.2) is 85.2 Å². The molecule has 1 heterocycles. The molecule has 0 saturated heterocycles. The normalized spacial score (nSPS) is 13.1. The second kappa shape index (κ2) is 7.56. The fourth-order valence-electron chi connectivity index (χ4n) is 4.44. The minimum Gasteiger partial charge on any atom is -0.507 e.